The van der Waals surface area contributed by atoms with Crippen LogP contribution in [-0.2, 0) is 22.0 Å². The fourth-order valence-electron chi connectivity index (χ4n) is 6.94. The third-order valence-corrected chi connectivity index (χ3v) is 8.42. The molecule has 1 saturated carbocycles. The standard InChI is InChI=1S/C25H27NO3/c1-24(16-7-5-4-6-8-16)14-17-18-13-15-9-10-19(28-3)21-20(15)25(17,11-12-26(18)2)23(29-21)22(24)27/h4-10,17-18,23H,11-14H2,1-3H3/t17-,18+,23-,24-,25-/m0/s1. The van der Waals surface area contributed by atoms with Crippen molar-refractivity contribution in [2.75, 3.05) is 20.7 Å². The van der Waals surface area contributed by atoms with Gasteiger partial charge in [0, 0.05) is 17.0 Å². The predicted molar refractivity (Wildman–Crippen MR) is 111 cm³/mol. The Labute approximate surface area is 171 Å². The fourth-order valence-corrected chi connectivity index (χ4v) is 6.94. The molecule has 4 aliphatic rings. The Kier molecular flexibility index (Phi) is 3.40. The van der Waals surface area contributed by atoms with Gasteiger partial charge in [-0.25, -0.2) is 0 Å². The molecular formula is C25H27NO3. The molecule has 2 aromatic carbocycles. The Bertz CT molecular complexity index is 1020. The van der Waals surface area contributed by atoms with E-state index in [0.29, 0.717) is 12.0 Å². The molecule has 2 fully saturated rings. The Hall–Kier alpha value is -2.33. The Morgan fingerprint density at radius 2 is 1.97 bits per heavy atom. The molecule has 2 heterocycles. The van der Waals surface area contributed by atoms with Gasteiger partial charge in [0.15, 0.2) is 23.4 Å². The zero-order valence-electron chi connectivity index (χ0n) is 17.3. The van der Waals surface area contributed by atoms with Crippen LogP contribution in [0.3, 0.4) is 0 Å². The number of ether oxygens (including phenoxy) is 2. The van der Waals surface area contributed by atoms with Crippen molar-refractivity contribution in [2.24, 2.45) is 5.92 Å². The summed E-state index contributed by atoms with van der Waals surface area (Å²) in [7, 11) is 3.93. The molecule has 0 N–H and O–H groups in total. The van der Waals surface area contributed by atoms with E-state index in [4.69, 9.17) is 9.47 Å². The minimum atomic E-state index is -0.524. The maximum absolute atomic E-state index is 14.1. The summed E-state index contributed by atoms with van der Waals surface area (Å²) < 4.78 is 12.2. The third-order valence-electron chi connectivity index (χ3n) is 8.42. The lowest BCUT2D eigenvalue weighted by molar-refractivity contribution is -0.147. The largest absolute Gasteiger partial charge is 0.493 e. The molecule has 0 radical (unpaired) electrons. The summed E-state index contributed by atoms with van der Waals surface area (Å²) in [5, 5.41) is 0. The number of carbonyl (C=O) groups is 1. The normalized spacial score (nSPS) is 37.1. The second-order valence-corrected chi connectivity index (χ2v) is 9.54. The Morgan fingerprint density at radius 1 is 1.17 bits per heavy atom. The number of benzene rings is 2. The smallest absolute Gasteiger partial charge is 0.184 e. The molecule has 2 aromatic rings. The number of rotatable bonds is 2. The van der Waals surface area contributed by atoms with Gasteiger partial charge >= 0.3 is 0 Å². The van der Waals surface area contributed by atoms with Crippen molar-refractivity contribution in [1.82, 2.24) is 4.90 Å². The van der Waals surface area contributed by atoms with Crippen molar-refractivity contribution in [2.45, 2.75) is 49.2 Å². The molecule has 2 bridgehead atoms. The number of nitrogens with zero attached hydrogens (tertiary/aromatic N) is 1. The maximum Gasteiger partial charge on any atom is 0.184 e. The van der Waals surface area contributed by atoms with Crippen LogP contribution in [-0.4, -0.2) is 43.5 Å². The quantitative estimate of drug-likeness (QED) is 0.788. The molecule has 0 amide bonds. The molecule has 0 aromatic heterocycles. The molecule has 5 atom stereocenters. The molecular weight excluding hydrogens is 362 g/mol. The minimum absolute atomic E-state index is 0.208. The lowest BCUT2D eigenvalue weighted by Gasteiger charge is -2.60. The Morgan fingerprint density at radius 3 is 2.72 bits per heavy atom. The Balaban J connectivity index is 1.60. The first-order valence-corrected chi connectivity index (χ1v) is 10.7. The average molecular weight is 389 g/mol. The van der Waals surface area contributed by atoms with Gasteiger partial charge in [-0.1, -0.05) is 36.4 Å². The SMILES string of the molecule is COc1ccc2c3c1O[C@H]1C(=O)[C@](C)(c4ccccc4)C[C@H]4[C@@H](C2)N(C)CC[C@]314. The molecule has 29 heavy (non-hydrogen) atoms. The number of piperidine rings is 1. The van der Waals surface area contributed by atoms with Crippen LogP contribution in [0.2, 0.25) is 0 Å². The van der Waals surface area contributed by atoms with Crippen molar-refractivity contribution in [3.8, 4) is 11.5 Å². The van der Waals surface area contributed by atoms with E-state index < -0.39 is 11.5 Å². The van der Waals surface area contributed by atoms with Crippen LogP contribution in [0.5, 0.6) is 11.5 Å². The summed E-state index contributed by atoms with van der Waals surface area (Å²) in [4.78, 5) is 16.6. The van der Waals surface area contributed by atoms with Gasteiger partial charge in [-0.2, -0.15) is 0 Å². The zero-order valence-corrected chi connectivity index (χ0v) is 17.3. The number of hydrogen-bond donors (Lipinski definition) is 0. The van der Waals surface area contributed by atoms with E-state index in [9.17, 15) is 4.79 Å². The van der Waals surface area contributed by atoms with E-state index in [1.54, 1.807) is 7.11 Å². The first-order valence-electron chi connectivity index (χ1n) is 10.7. The van der Waals surface area contributed by atoms with Gasteiger partial charge < -0.3 is 14.4 Å². The fraction of sp³-hybridized carbons (Fsp3) is 0.480. The van der Waals surface area contributed by atoms with Crippen LogP contribution >= 0.6 is 0 Å². The van der Waals surface area contributed by atoms with Crippen LogP contribution < -0.4 is 9.47 Å². The third kappa shape index (κ3) is 1.96. The summed E-state index contributed by atoms with van der Waals surface area (Å²) in [6.07, 6.45) is 2.44. The summed E-state index contributed by atoms with van der Waals surface area (Å²) >= 11 is 0. The van der Waals surface area contributed by atoms with Crippen molar-refractivity contribution in [3.63, 3.8) is 0 Å². The van der Waals surface area contributed by atoms with Crippen LogP contribution in [0.25, 0.3) is 0 Å². The van der Waals surface area contributed by atoms with Crippen LogP contribution in [0.4, 0.5) is 0 Å². The molecule has 2 aliphatic carbocycles. The molecule has 4 nitrogen and oxygen atoms in total. The molecule has 4 heteroatoms. The van der Waals surface area contributed by atoms with Gasteiger partial charge in [0.05, 0.1) is 12.5 Å². The minimum Gasteiger partial charge on any atom is -0.493 e. The van der Waals surface area contributed by atoms with Crippen LogP contribution in [0.1, 0.15) is 36.5 Å². The van der Waals surface area contributed by atoms with Crippen molar-refractivity contribution >= 4 is 5.78 Å². The van der Waals surface area contributed by atoms with Crippen molar-refractivity contribution < 1.29 is 14.3 Å². The monoisotopic (exact) mass is 389 g/mol. The molecule has 2 aliphatic heterocycles. The molecule has 1 spiro atoms. The van der Waals surface area contributed by atoms with Gasteiger partial charge in [-0.15, -0.1) is 0 Å². The van der Waals surface area contributed by atoms with E-state index in [1.807, 2.05) is 24.3 Å². The second-order valence-electron chi connectivity index (χ2n) is 9.54. The lowest BCUT2D eigenvalue weighted by Crippen LogP contribution is -2.69. The van der Waals surface area contributed by atoms with Crippen molar-refractivity contribution in [3.05, 3.63) is 59.2 Å². The second kappa shape index (κ2) is 5.63. The summed E-state index contributed by atoms with van der Waals surface area (Å²) in [5.74, 6) is 2.22. The number of ketones is 1. The highest BCUT2D eigenvalue weighted by molar-refractivity contribution is 5.97. The van der Waals surface area contributed by atoms with Gasteiger partial charge in [-0.05, 0) is 62.9 Å². The average Bonchev–Trinajstić information content (AvgIpc) is 3.09. The summed E-state index contributed by atoms with van der Waals surface area (Å²) in [6.45, 7) is 3.14. The zero-order chi connectivity index (χ0) is 20.0. The highest BCUT2D eigenvalue weighted by Gasteiger charge is 2.69. The van der Waals surface area contributed by atoms with Gasteiger partial charge in [-0.3, -0.25) is 4.79 Å². The highest BCUT2D eigenvalue weighted by atomic mass is 16.5. The molecule has 1 saturated heterocycles. The van der Waals surface area contributed by atoms with E-state index in [0.717, 1.165) is 42.9 Å². The lowest BCUT2D eigenvalue weighted by atomic mass is 9.46. The van der Waals surface area contributed by atoms with Crippen LogP contribution in [0.15, 0.2) is 42.5 Å². The van der Waals surface area contributed by atoms with Gasteiger partial charge in [0.2, 0.25) is 0 Å². The first-order chi connectivity index (χ1) is 14.0. The van der Waals surface area contributed by atoms with Gasteiger partial charge in [0.25, 0.3) is 0 Å². The van der Waals surface area contributed by atoms with E-state index in [1.165, 1.54) is 11.1 Å². The number of Topliss-reactive ketones (excluding diaryl/α,β-unsaturated/α-hetero) is 1. The van der Waals surface area contributed by atoms with E-state index in [-0.39, 0.29) is 11.2 Å². The van der Waals surface area contributed by atoms with Gasteiger partial charge in [0.1, 0.15) is 0 Å². The van der Waals surface area contributed by atoms with Crippen LogP contribution in [0, 0.1) is 5.92 Å². The number of carbonyl (C=O) groups excluding carboxylic acids is 1. The number of hydrogen-bond acceptors (Lipinski definition) is 4. The highest BCUT2D eigenvalue weighted by Crippen LogP contribution is 2.65. The molecule has 6 rings (SSSR count). The number of likely N-dealkylation sites (N-methyl/N-ethyl adjacent to an activating group) is 1. The number of methoxy groups -OCH3 is 1. The predicted octanol–water partition coefficient (Wildman–Crippen LogP) is 3.50. The number of likely N-dealkylation sites (tertiary alicyclic amines) is 1. The first kappa shape index (κ1) is 17.5. The summed E-state index contributed by atoms with van der Waals surface area (Å²) in [5.41, 5.74) is 2.99. The van der Waals surface area contributed by atoms with Crippen molar-refractivity contribution in [1.29, 1.82) is 0 Å². The van der Waals surface area contributed by atoms with E-state index in [2.05, 4.69) is 37.1 Å². The molecule has 150 valence electrons. The van der Waals surface area contributed by atoms with E-state index >= 15 is 0 Å². The summed E-state index contributed by atoms with van der Waals surface area (Å²) in [6, 6.07) is 15.0. The molecule has 0 unspecified atom stereocenters. The topological polar surface area (TPSA) is 38.8 Å². The maximum atomic E-state index is 14.1.